The molecule has 5 heteroatoms. The highest BCUT2D eigenvalue weighted by molar-refractivity contribution is 5.79. The number of piperazine rings is 1. The average Bonchev–Trinajstić information content (AvgIpc) is 2.34. The van der Waals surface area contributed by atoms with Crippen LogP contribution in [-0.2, 0) is 9.53 Å². The van der Waals surface area contributed by atoms with Gasteiger partial charge in [-0.05, 0) is 19.9 Å². The van der Waals surface area contributed by atoms with E-state index in [1.807, 2.05) is 6.07 Å². The molecule has 19 heavy (non-hydrogen) atoms. The second kappa shape index (κ2) is 5.83. The zero-order valence-electron chi connectivity index (χ0n) is 11.6. The fourth-order valence-electron chi connectivity index (χ4n) is 2.66. The molecule has 0 amide bonds. The van der Waals surface area contributed by atoms with Crippen molar-refractivity contribution in [2.75, 3.05) is 39.4 Å². The molecule has 0 atom stereocenters. The van der Waals surface area contributed by atoms with Crippen molar-refractivity contribution >= 4 is 6.29 Å². The Morgan fingerprint density at radius 3 is 2.37 bits per heavy atom. The number of carbonyl (C=O) groups excluding carboxylic acids is 1. The van der Waals surface area contributed by atoms with Gasteiger partial charge in [0.1, 0.15) is 6.07 Å². The largest absolute Gasteiger partial charge is 0.378 e. The Morgan fingerprint density at radius 2 is 1.95 bits per heavy atom. The summed E-state index contributed by atoms with van der Waals surface area (Å²) in [6.45, 7) is 9.77. The van der Waals surface area contributed by atoms with Crippen molar-refractivity contribution in [2.45, 2.75) is 25.4 Å². The van der Waals surface area contributed by atoms with E-state index in [4.69, 9.17) is 10.00 Å². The summed E-state index contributed by atoms with van der Waals surface area (Å²) in [7, 11) is 0. The van der Waals surface area contributed by atoms with Crippen LogP contribution >= 0.6 is 0 Å². The van der Waals surface area contributed by atoms with E-state index < -0.39 is 0 Å². The minimum atomic E-state index is -0.256. The molecule has 0 aromatic heterocycles. The molecule has 0 N–H and O–H groups in total. The molecule has 2 saturated heterocycles. The predicted molar refractivity (Wildman–Crippen MR) is 71.6 cm³/mol. The molecular formula is C14H21N3O2. The normalized spacial score (nSPS) is 23.7. The summed E-state index contributed by atoms with van der Waals surface area (Å²) in [6, 6.07) is 2.52. The standard InChI is InChI=1S/C14H21N3O2/c1-14(2,7-12(8-15)9-18)17-5-3-16(4-6-17)13-10-19-11-13/h7,9,13H,3-6,10-11H2,1-2H3/b12-7+. The fraction of sp³-hybridized carbons (Fsp3) is 0.714. The monoisotopic (exact) mass is 263 g/mol. The average molecular weight is 263 g/mol. The van der Waals surface area contributed by atoms with E-state index in [2.05, 4.69) is 23.6 Å². The van der Waals surface area contributed by atoms with Crippen LogP contribution in [0.5, 0.6) is 0 Å². The maximum atomic E-state index is 10.8. The molecule has 5 nitrogen and oxygen atoms in total. The summed E-state index contributed by atoms with van der Waals surface area (Å²) in [4.78, 5) is 15.5. The lowest BCUT2D eigenvalue weighted by molar-refractivity contribution is -0.104. The highest BCUT2D eigenvalue weighted by Gasteiger charge is 2.33. The minimum absolute atomic E-state index is 0.208. The number of hydrogen-bond donors (Lipinski definition) is 0. The number of rotatable bonds is 4. The van der Waals surface area contributed by atoms with Crippen molar-refractivity contribution in [3.8, 4) is 6.07 Å². The van der Waals surface area contributed by atoms with Gasteiger partial charge in [-0.25, -0.2) is 0 Å². The smallest absolute Gasteiger partial charge is 0.160 e. The van der Waals surface area contributed by atoms with Crippen molar-refractivity contribution in [1.82, 2.24) is 9.80 Å². The number of ether oxygens (including phenoxy) is 1. The van der Waals surface area contributed by atoms with Gasteiger partial charge < -0.3 is 4.74 Å². The van der Waals surface area contributed by atoms with Crippen LogP contribution in [0.3, 0.4) is 0 Å². The van der Waals surface area contributed by atoms with Crippen LogP contribution in [-0.4, -0.2) is 67.1 Å². The third-order valence-electron chi connectivity index (χ3n) is 4.03. The summed E-state index contributed by atoms with van der Waals surface area (Å²) in [5, 5.41) is 8.85. The molecule has 2 fully saturated rings. The van der Waals surface area contributed by atoms with Crippen LogP contribution in [0, 0.1) is 11.3 Å². The first-order chi connectivity index (χ1) is 9.06. The van der Waals surface area contributed by atoms with Gasteiger partial charge in [0.2, 0.25) is 0 Å². The zero-order valence-corrected chi connectivity index (χ0v) is 11.6. The van der Waals surface area contributed by atoms with E-state index >= 15 is 0 Å². The Balaban J connectivity index is 1.94. The molecule has 0 radical (unpaired) electrons. The van der Waals surface area contributed by atoms with Crippen molar-refractivity contribution in [1.29, 1.82) is 5.26 Å². The van der Waals surface area contributed by atoms with Gasteiger partial charge in [0.15, 0.2) is 6.29 Å². The SMILES string of the molecule is CC(C)(/C=C(\C#N)C=O)N1CCN(C2COC2)CC1. The summed E-state index contributed by atoms with van der Waals surface area (Å²) in [5.41, 5.74) is -0.0476. The Hall–Kier alpha value is -1.22. The number of allylic oxidation sites excluding steroid dienone is 1. The molecule has 0 saturated carbocycles. The van der Waals surface area contributed by atoms with Gasteiger partial charge in [0.05, 0.1) is 24.8 Å². The van der Waals surface area contributed by atoms with Crippen LogP contribution < -0.4 is 0 Å². The molecular weight excluding hydrogens is 242 g/mol. The van der Waals surface area contributed by atoms with Gasteiger partial charge in [-0.3, -0.25) is 14.6 Å². The van der Waals surface area contributed by atoms with Crippen molar-refractivity contribution in [3.63, 3.8) is 0 Å². The van der Waals surface area contributed by atoms with E-state index in [1.54, 1.807) is 6.08 Å². The van der Waals surface area contributed by atoms with Gasteiger partial charge in [-0.2, -0.15) is 5.26 Å². The highest BCUT2D eigenvalue weighted by Crippen LogP contribution is 2.21. The first-order valence-corrected chi connectivity index (χ1v) is 6.72. The lowest BCUT2D eigenvalue weighted by atomic mass is 9.98. The van der Waals surface area contributed by atoms with Gasteiger partial charge in [0.25, 0.3) is 0 Å². The lowest BCUT2D eigenvalue weighted by Gasteiger charge is -2.46. The number of aldehydes is 1. The number of nitriles is 1. The molecule has 0 bridgehead atoms. The van der Waals surface area contributed by atoms with E-state index in [0.717, 1.165) is 39.4 Å². The second-order valence-corrected chi connectivity index (χ2v) is 5.70. The summed E-state index contributed by atoms with van der Waals surface area (Å²) in [5.74, 6) is 0. The van der Waals surface area contributed by atoms with Crippen molar-refractivity contribution < 1.29 is 9.53 Å². The number of carbonyl (C=O) groups is 1. The molecule has 2 aliphatic heterocycles. The Morgan fingerprint density at radius 1 is 1.32 bits per heavy atom. The Labute approximate surface area is 114 Å². The zero-order chi connectivity index (χ0) is 13.9. The maximum absolute atomic E-state index is 10.8. The topological polar surface area (TPSA) is 56.6 Å². The van der Waals surface area contributed by atoms with Gasteiger partial charge in [-0.15, -0.1) is 0 Å². The van der Waals surface area contributed by atoms with Crippen molar-refractivity contribution in [3.05, 3.63) is 11.6 Å². The summed E-state index contributed by atoms with van der Waals surface area (Å²) >= 11 is 0. The van der Waals surface area contributed by atoms with Crippen LogP contribution in [0.1, 0.15) is 13.8 Å². The van der Waals surface area contributed by atoms with E-state index in [9.17, 15) is 4.79 Å². The first kappa shape index (κ1) is 14.2. The Bertz CT molecular complexity index is 399. The van der Waals surface area contributed by atoms with Gasteiger partial charge >= 0.3 is 0 Å². The van der Waals surface area contributed by atoms with Gasteiger partial charge in [0, 0.05) is 31.7 Å². The predicted octanol–water partition coefficient (Wildman–Crippen LogP) is 0.430. The van der Waals surface area contributed by atoms with Crippen LogP contribution in [0.15, 0.2) is 11.6 Å². The third kappa shape index (κ3) is 3.21. The number of nitrogens with zero attached hydrogens (tertiary/aromatic N) is 3. The molecule has 0 aromatic rings. The molecule has 104 valence electrons. The highest BCUT2D eigenvalue weighted by atomic mass is 16.5. The quantitative estimate of drug-likeness (QED) is 0.418. The van der Waals surface area contributed by atoms with Crippen LogP contribution in [0.25, 0.3) is 0 Å². The molecule has 2 rings (SSSR count). The van der Waals surface area contributed by atoms with Crippen LogP contribution in [0.2, 0.25) is 0 Å². The summed E-state index contributed by atoms with van der Waals surface area (Å²) in [6.07, 6.45) is 2.39. The third-order valence-corrected chi connectivity index (χ3v) is 4.03. The molecule has 2 aliphatic rings. The molecule has 2 heterocycles. The van der Waals surface area contributed by atoms with E-state index in [0.29, 0.717) is 12.3 Å². The molecule has 0 spiro atoms. The molecule has 0 aromatic carbocycles. The molecule has 0 unspecified atom stereocenters. The maximum Gasteiger partial charge on any atom is 0.160 e. The van der Waals surface area contributed by atoms with Gasteiger partial charge in [-0.1, -0.05) is 0 Å². The van der Waals surface area contributed by atoms with Crippen molar-refractivity contribution in [2.24, 2.45) is 0 Å². The molecule has 0 aliphatic carbocycles. The van der Waals surface area contributed by atoms with Crippen LogP contribution in [0.4, 0.5) is 0 Å². The summed E-state index contributed by atoms with van der Waals surface area (Å²) < 4.78 is 5.22. The Kier molecular flexibility index (Phi) is 4.35. The van der Waals surface area contributed by atoms with E-state index in [1.165, 1.54) is 0 Å². The number of hydrogen-bond acceptors (Lipinski definition) is 5. The first-order valence-electron chi connectivity index (χ1n) is 6.72. The second-order valence-electron chi connectivity index (χ2n) is 5.70. The van der Waals surface area contributed by atoms with E-state index in [-0.39, 0.29) is 11.1 Å². The minimum Gasteiger partial charge on any atom is -0.378 e. The fourth-order valence-corrected chi connectivity index (χ4v) is 2.66. The lowest BCUT2D eigenvalue weighted by Crippen LogP contribution is -2.59.